The zero-order chi connectivity index (χ0) is 13.7. The minimum Gasteiger partial charge on any atom is -0.480 e. The SMILES string of the molecule is N[C@@H](CSCc1nnc(-c2ccccc2)o1)C(=O)O. The van der Waals surface area contributed by atoms with E-state index in [1.807, 2.05) is 30.3 Å². The fraction of sp³-hybridized carbons (Fsp3) is 0.250. The molecule has 0 bridgehead atoms. The van der Waals surface area contributed by atoms with Gasteiger partial charge in [0.15, 0.2) is 0 Å². The lowest BCUT2D eigenvalue weighted by atomic mass is 10.2. The van der Waals surface area contributed by atoms with Gasteiger partial charge in [-0.1, -0.05) is 18.2 Å². The largest absolute Gasteiger partial charge is 0.480 e. The zero-order valence-corrected chi connectivity index (χ0v) is 10.8. The van der Waals surface area contributed by atoms with E-state index in [-0.39, 0.29) is 0 Å². The average molecular weight is 279 g/mol. The molecule has 0 aliphatic heterocycles. The molecular weight excluding hydrogens is 266 g/mol. The van der Waals surface area contributed by atoms with E-state index < -0.39 is 12.0 Å². The van der Waals surface area contributed by atoms with Crippen LogP contribution < -0.4 is 5.73 Å². The maximum absolute atomic E-state index is 10.5. The third-order valence-corrected chi connectivity index (χ3v) is 3.37. The number of benzene rings is 1. The van der Waals surface area contributed by atoms with Crippen molar-refractivity contribution in [3.05, 3.63) is 36.2 Å². The first kappa shape index (κ1) is 13.6. The van der Waals surface area contributed by atoms with E-state index in [1.165, 1.54) is 11.8 Å². The number of carboxylic acids is 1. The minimum absolute atomic E-state index is 0.304. The Morgan fingerprint density at radius 1 is 1.37 bits per heavy atom. The number of carboxylic acid groups (broad SMARTS) is 1. The zero-order valence-electron chi connectivity index (χ0n) is 10.0. The number of nitrogens with zero attached hydrogens (tertiary/aromatic N) is 2. The maximum atomic E-state index is 10.5. The highest BCUT2D eigenvalue weighted by molar-refractivity contribution is 7.98. The van der Waals surface area contributed by atoms with Crippen molar-refractivity contribution in [2.24, 2.45) is 5.73 Å². The number of rotatable bonds is 6. The molecule has 0 saturated carbocycles. The second-order valence-electron chi connectivity index (χ2n) is 3.83. The maximum Gasteiger partial charge on any atom is 0.321 e. The molecule has 19 heavy (non-hydrogen) atoms. The quantitative estimate of drug-likeness (QED) is 0.823. The Kier molecular flexibility index (Phi) is 4.53. The van der Waals surface area contributed by atoms with Crippen LogP contribution in [0.4, 0.5) is 0 Å². The number of aliphatic carboxylic acids is 1. The topological polar surface area (TPSA) is 102 Å². The van der Waals surface area contributed by atoms with E-state index in [4.69, 9.17) is 15.3 Å². The summed E-state index contributed by atoms with van der Waals surface area (Å²) in [4.78, 5) is 10.5. The molecule has 2 aromatic rings. The van der Waals surface area contributed by atoms with Gasteiger partial charge >= 0.3 is 5.97 Å². The molecule has 1 aromatic carbocycles. The number of thioether (sulfide) groups is 1. The summed E-state index contributed by atoms with van der Waals surface area (Å²) in [6.45, 7) is 0. The number of aromatic nitrogens is 2. The van der Waals surface area contributed by atoms with Crippen LogP contribution in [0.25, 0.3) is 11.5 Å². The van der Waals surface area contributed by atoms with Gasteiger partial charge in [0.25, 0.3) is 0 Å². The molecule has 7 heteroatoms. The molecule has 1 heterocycles. The summed E-state index contributed by atoms with van der Waals surface area (Å²) >= 11 is 1.35. The highest BCUT2D eigenvalue weighted by atomic mass is 32.2. The lowest BCUT2D eigenvalue weighted by Gasteiger charge is -2.03. The van der Waals surface area contributed by atoms with Crippen molar-refractivity contribution < 1.29 is 14.3 Å². The highest BCUT2D eigenvalue weighted by Crippen LogP contribution is 2.19. The van der Waals surface area contributed by atoms with Crippen molar-refractivity contribution in [3.8, 4) is 11.5 Å². The predicted molar refractivity (Wildman–Crippen MR) is 71.5 cm³/mol. The van der Waals surface area contributed by atoms with Gasteiger partial charge in [-0.3, -0.25) is 4.79 Å². The second kappa shape index (κ2) is 6.35. The van der Waals surface area contributed by atoms with E-state index in [0.29, 0.717) is 23.3 Å². The summed E-state index contributed by atoms with van der Waals surface area (Å²) in [5.74, 6) is 0.655. The van der Waals surface area contributed by atoms with Crippen molar-refractivity contribution in [2.75, 3.05) is 5.75 Å². The predicted octanol–water partition coefficient (Wildman–Crippen LogP) is 1.38. The van der Waals surface area contributed by atoms with Gasteiger partial charge in [0.2, 0.25) is 11.8 Å². The van der Waals surface area contributed by atoms with Crippen molar-refractivity contribution in [3.63, 3.8) is 0 Å². The molecule has 3 N–H and O–H groups in total. The van der Waals surface area contributed by atoms with Gasteiger partial charge in [0, 0.05) is 11.3 Å². The molecule has 0 aliphatic rings. The van der Waals surface area contributed by atoms with Crippen LogP contribution in [-0.2, 0) is 10.5 Å². The molecule has 0 spiro atoms. The van der Waals surface area contributed by atoms with Crippen LogP contribution in [0, 0.1) is 0 Å². The monoisotopic (exact) mass is 279 g/mol. The van der Waals surface area contributed by atoms with Crippen LogP contribution in [0.2, 0.25) is 0 Å². The standard InChI is InChI=1S/C12H13N3O3S/c13-9(12(16)17)6-19-7-10-14-15-11(18-10)8-4-2-1-3-5-8/h1-5,9H,6-7,13H2,(H,16,17)/t9-/m0/s1. The molecule has 0 saturated heterocycles. The lowest BCUT2D eigenvalue weighted by Crippen LogP contribution is -2.32. The van der Waals surface area contributed by atoms with Crippen LogP contribution >= 0.6 is 11.8 Å². The van der Waals surface area contributed by atoms with E-state index in [2.05, 4.69) is 10.2 Å². The molecule has 0 fully saturated rings. The minimum atomic E-state index is -1.01. The van der Waals surface area contributed by atoms with Crippen molar-refractivity contribution in [1.29, 1.82) is 0 Å². The van der Waals surface area contributed by atoms with E-state index in [0.717, 1.165) is 5.56 Å². The molecule has 0 aliphatic carbocycles. The average Bonchev–Trinajstić information content (AvgIpc) is 2.88. The summed E-state index contributed by atoms with van der Waals surface area (Å²) in [5.41, 5.74) is 6.24. The molecule has 0 unspecified atom stereocenters. The van der Waals surface area contributed by atoms with E-state index in [9.17, 15) is 4.79 Å². The third-order valence-electron chi connectivity index (χ3n) is 2.33. The molecular formula is C12H13N3O3S. The number of hydrogen-bond acceptors (Lipinski definition) is 6. The van der Waals surface area contributed by atoms with E-state index >= 15 is 0 Å². The van der Waals surface area contributed by atoms with Crippen LogP contribution in [-0.4, -0.2) is 33.1 Å². The van der Waals surface area contributed by atoms with Gasteiger partial charge in [0.05, 0.1) is 5.75 Å². The van der Waals surface area contributed by atoms with Gasteiger partial charge in [0.1, 0.15) is 6.04 Å². The summed E-state index contributed by atoms with van der Waals surface area (Å²) in [7, 11) is 0. The Hall–Kier alpha value is -1.86. The highest BCUT2D eigenvalue weighted by Gasteiger charge is 2.13. The van der Waals surface area contributed by atoms with Gasteiger partial charge in [-0.05, 0) is 12.1 Å². The van der Waals surface area contributed by atoms with Crippen LogP contribution in [0.3, 0.4) is 0 Å². The summed E-state index contributed by atoms with van der Waals surface area (Å²) in [5, 5.41) is 16.5. The Bertz CT molecular complexity index is 544. The first-order chi connectivity index (χ1) is 9.16. The van der Waals surface area contributed by atoms with Crippen molar-refractivity contribution in [1.82, 2.24) is 10.2 Å². The van der Waals surface area contributed by atoms with Crippen LogP contribution in [0.1, 0.15) is 5.89 Å². The Morgan fingerprint density at radius 3 is 2.79 bits per heavy atom. The summed E-state index contributed by atoms with van der Waals surface area (Å²) in [6, 6.07) is 8.57. The fourth-order valence-electron chi connectivity index (χ4n) is 1.35. The van der Waals surface area contributed by atoms with Crippen LogP contribution in [0.15, 0.2) is 34.7 Å². The van der Waals surface area contributed by atoms with Crippen molar-refractivity contribution >= 4 is 17.7 Å². The molecule has 0 radical (unpaired) electrons. The van der Waals surface area contributed by atoms with Crippen LogP contribution in [0.5, 0.6) is 0 Å². The fourth-order valence-corrected chi connectivity index (χ4v) is 2.16. The Labute approximate surface area is 114 Å². The van der Waals surface area contributed by atoms with E-state index in [1.54, 1.807) is 0 Å². The molecule has 0 amide bonds. The normalized spacial score (nSPS) is 12.3. The number of hydrogen-bond donors (Lipinski definition) is 2. The molecule has 1 aromatic heterocycles. The summed E-state index contributed by atoms with van der Waals surface area (Å²) in [6.07, 6.45) is 0. The smallest absolute Gasteiger partial charge is 0.321 e. The second-order valence-corrected chi connectivity index (χ2v) is 4.86. The molecule has 2 rings (SSSR count). The molecule has 1 atom stereocenters. The van der Waals surface area contributed by atoms with Crippen molar-refractivity contribution in [2.45, 2.75) is 11.8 Å². The lowest BCUT2D eigenvalue weighted by molar-refractivity contribution is -0.137. The van der Waals surface area contributed by atoms with Gasteiger partial charge in [-0.2, -0.15) is 0 Å². The Balaban J connectivity index is 1.90. The summed E-state index contributed by atoms with van der Waals surface area (Å²) < 4.78 is 5.48. The van der Waals surface area contributed by atoms with Gasteiger partial charge in [-0.25, -0.2) is 0 Å². The third kappa shape index (κ3) is 3.80. The number of carbonyl (C=O) groups is 1. The molecule has 6 nitrogen and oxygen atoms in total. The van der Waals surface area contributed by atoms with Gasteiger partial charge < -0.3 is 15.3 Å². The Morgan fingerprint density at radius 2 is 2.11 bits per heavy atom. The molecule has 100 valence electrons. The number of nitrogens with two attached hydrogens (primary N) is 1. The first-order valence-corrected chi connectivity index (χ1v) is 6.76. The first-order valence-electron chi connectivity index (χ1n) is 5.61. The van der Waals surface area contributed by atoms with Gasteiger partial charge in [-0.15, -0.1) is 22.0 Å².